The summed E-state index contributed by atoms with van der Waals surface area (Å²) >= 11 is 0. The molecule has 2 unspecified atom stereocenters. The van der Waals surface area contributed by atoms with Crippen LogP contribution in [0.1, 0.15) is 38.4 Å². The topological polar surface area (TPSA) is 45.7 Å². The summed E-state index contributed by atoms with van der Waals surface area (Å²) in [5.41, 5.74) is 1.27. The van der Waals surface area contributed by atoms with Crippen molar-refractivity contribution in [2.45, 2.75) is 32.8 Å². The Kier molecular flexibility index (Phi) is 6.54. The highest BCUT2D eigenvalue weighted by atomic mass is 16.5. The number of hydrogen-bond donors (Lipinski definition) is 2. The van der Waals surface area contributed by atoms with E-state index in [9.17, 15) is 0 Å². The minimum Gasteiger partial charge on any atom is -0.373 e. The van der Waals surface area contributed by atoms with Crippen LogP contribution in [-0.2, 0) is 4.74 Å². The van der Waals surface area contributed by atoms with Crippen LogP contribution >= 0.6 is 0 Å². The first-order valence-electron chi connectivity index (χ1n) is 8.03. The average Bonchev–Trinajstić information content (AvgIpc) is 2.54. The standard InChI is InChI=1S/C17H27N3O/c1-3-18-17(19-4-2)20-13-15-11-8-12-21-16(15)14-9-6-5-7-10-14/h5-7,9-10,15-16H,3-4,8,11-13H2,1-2H3,(H2,18,19,20). The van der Waals surface area contributed by atoms with Crippen LogP contribution in [0.2, 0.25) is 0 Å². The van der Waals surface area contributed by atoms with Crippen LogP contribution in [-0.4, -0.2) is 32.2 Å². The molecule has 0 bridgehead atoms. The molecule has 1 aliphatic rings. The quantitative estimate of drug-likeness (QED) is 0.647. The second-order valence-corrected chi connectivity index (χ2v) is 5.35. The third-order valence-electron chi connectivity index (χ3n) is 3.75. The zero-order chi connectivity index (χ0) is 14.9. The third kappa shape index (κ3) is 4.74. The molecule has 1 saturated heterocycles. The molecule has 0 amide bonds. The maximum absolute atomic E-state index is 6.02. The monoisotopic (exact) mass is 289 g/mol. The Balaban J connectivity index is 2.03. The van der Waals surface area contributed by atoms with Gasteiger partial charge in [-0.25, -0.2) is 0 Å². The molecule has 0 radical (unpaired) electrons. The van der Waals surface area contributed by atoms with Crippen molar-refractivity contribution in [3.05, 3.63) is 35.9 Å². The van der Waals surface area contributed by atoms with Crippen molar-refractivity contribution in [3.63, 3.8) is 0 Å². The average molecular weight is 289 g/mol. The predicted octanol–water partition coefficient (Wildman–Crippen LogP) is 2.73. The lowest BCUT2D eigenvalue weighted by atomic mass is 9.89. The number of hydrogen-bond acceptors (Lipinski definition) is 2. The van der Waals surface area contributed by atoms with Crippen molar-refractivity contribution >= 4 is 5.96 Å². The first-order valence-corrected chi connectivity index (χ1v) is 8.03. The molecule has 0 aliphatic carbocycles. The number of aliphatic imine (C=N–C) groups is 1. The van der Waals surface area contributed by atoms with Gasteiger partial charge in [0.05, 0.1) is 6.10 Å². The van der Waals surface area contributed by atoms with Gasteiger partial charge in [0.2, 0.25) is 0 Å². The summed E-state index contributed by atoms with van der Waals surface area (Å²) < 4.78 is 6.02. The van der Waals surface area contributed by atoms with Crippen molar-refractivity contribution in [2.24, 2.45) is 10.9 Å². The van der Waals surface area contributed by atoms with Gasteiger partial charge in [-0.3, -0.25) is 4.99 Å². The highest BCUT2D eigenvalue weighted by Crippen LogP contribution is 2.33. The molecule has 21 heavy (non-hydrogen) atoms. The Morgan fingerprint density at radius 1 is 1.19 bits per heavy atom. The molecule has 116 valence electrons. The van der Waals surface area contributed by atoms with Gasteiger partial charge in [-0.2, -0.15) is 0 Å². The van der Waals surface area contributed by atoms with Crippen molar-refractivity contribution in [2.75, 3.05) is 26.2 Å². The molecule has 4 heteroatoms. The summed E-state index contributed by atoms with van der Waals surface area (Å²) in [4.78, 5) is 4.72. The van der Waals surface area contributed by atoms with E-state index < -0.39 is 0 Å². The zero-order valence-electron chi connectivity index (χ0n) is 13.1. The molecule has 1 heterocycles. The van der Waals surface area contributed by atoms with Gasteiger partial charge in [-0.15, -0.1) is 0 Å². The number of ether oxygens (including phenoxy) is 1. The molecule has 0 aromatic heterocycles. The van der Waals surface area contributed by atoms with E-state index in [1.54, 1.807) is 0 Å². The van der Waals surface area contributed by atoms with Gasteiger partial charge >= 0.3 is 0 Å². The molecule has 2 N–H and O–H groups in total. The van der Waals surface area contributed by atoms with Gasteiger partial charge in [-0.1, -0.05) is 30.3 Å². The van der Waals surface area contributed by atoms with Crippen LogP contribution in [0.5, 0.6) is 0 Å². The number of rotatable bonds is 5. The van der Waals surface area contributed by atoms with Crippen LogP contribution in [0, 0.1) is 5.92 Å². The number of guanidine groups is 1. The lowest BCUT2D eigenvalue weighted by Crippen LogP contribution is -2.38. The fourth-order valence-corrected chi connectivity index (χ4v) is 2.76. The molecule has 2 atom stereocenters. The van der Waals surface area contributed by atoms with Crippen molar-refractivity contribution in [1.29, 1.82) is 0 Å². The van der Waals surface area contributed by atoms with E-state index >= 15 is 0 Å². The van der Waals surface area contributed by atoms with Gasteiger partial charge in [-0.05, 0) is 32.3 Å². The van der Waals surface area contributed by atoms with Gasteiger partial charge < -0.3 is 15.4 Å². The molecular formula is C17H27N3O. The largest absolute Gasteiger partial charge is 0.373 e. The van der Waals surface area contributed by atoms with Crippen LogP contribution in [0.15, 0.2) is 35.3 Å². The second-order valence-electron chi connectivity index (χ2n) is 5.35. The molecule has 4 nitrogen and oxygen atoms in total. The molecule has 0 spiro atoms. The van der Waals surface area contributed by atoms with E-state index in [4.69, 9.17) is 9.73 Å². The Labute approximate surface area is 128 Å². The molecule has 2 rings (SSSR count). The van der Waals surface area contributed by atoms with Crippen LogP contribution in [0.4, 0.5) is 0 Å². The Morgan fingerprint density at radius 3 is 2.57 bits per heavy atom. The fraction of sp³-hybridized carbons (Fsp3) is 0.588. The number of nitrogens with one attached hydrogen (secondary N) is 2. The summed E-state index contributed by atoms with van der Waals surface area (Å²) in [6.45, 7) is 7.60. The van der Waals surface area contributed by atoms with Gasteiger partial charge in [0, 0.05) is 32.2 Å². The van der Waals surface area contributed by atoms with Crippen molar-refractivity contribution in [3.8, 4) is 0 Å². The maximum atomic E-state index is 6.02. The number of nitrogens with zero attached hydrogens (tertiary/aromatic N) is 1. The molecule has 0 saturated carbocycles. The van der Waals surface area contributed by atoms with Gasteiger partial charge in [0.15, 0.2) is 5.96 Å². The van der Waals surface area contributed by atoms with Crippen LogP contribution in [0.25, 0.3) is 0 Å². The lowest BCUT2D eigenvalue weighted by molar-refractivity contribution is -0.0250. The molecule has 1 fully saturated rings. The second kappa shape index (κ2) is 8.67. The third-order valence-corrected chi connectivity index (χ3v) is 3.75. The van der Waals surface area contributed by atoms with E-state index in [1.807, 2.05) is 6.07 Å². The Bertz CT molecular complexity index is 425. The fourth-order valence-electron chi connectivity index (χ4n) is 2.76. The molecule has 1 aromatic rings. The predicted molar refractivity (Wildman–Crippen MR) is 87.5 cm³/mol. The van der Waals surface area contributed by atoms with Crippen LogP contribution in [0.3, 0.4) is 0 Å². The van der Waals surface area contributed by atoms with E-state index in [0.717, 1.165) is 38.6 Å². The summed E-state index contributed by atoms with van der Waals surface area (Å²) in [7, 11) is 0. The SMILES string of the molecule is CCNC(=NCC1CCCOC1c1ccccc1)NCC. The smallest absolute Gasteiger partial charge is 0.191 e. The lowest BCUT2D eigenvalue weighted by Gasteiger charge is -2.31. The first kappa shape index (κ1) is 15.8. The van der Waals surface area contributed by atoms with E-state index in [2.05, 4.69) is 48.7 Å². The minimum absolute atomic E-state index is 0.174. The highest BCUT2D eigenvalue weighted by Gasteiger charge is 2.27. The molecular weight excluding hydrogens is 262 g/mol. The zero-order valence-corrected chi connectivity index (χ0v) is 13.1. The van der Waals surface area contributed by atoms with Crippen LogP contribution < -0.4 is 10.6 Å². The summed E-state index contributed by atoms with van der Waals surface area (Å²) in [6, 6.07) is 10.5. The first-order chi connectivity index (χ1) is 10.3. The van der Waals surface area contributed by atoms with Crippen molar-refractivity contribution < 1.29 is 4.74 Å². The van der Waals surface area contributed by atoms with E-state index in [1.165, 1.54) is 12.0 Å². The number of benzene rings is 1. The van der Waals surface area contributed by atoms with E-state index in [0.29, 0.717) is 5.92 Å². The maximum Gasteiger partial charge on any atom is 0.191 e. The summed E-state index contributed by atoms with van der Waals surface area (Å²) in [5.74, 6) is 1.35. The van der Waals surface area contributed by atoms with Gasteiger partial charge in [0.1, 0.15) is 0 Å². The Hall–Kier alpha value is -1.55. The normalized spacial score (nSPS) is 21.6. The molecule has 1 aliphatic heterocycles. The summed E-state index contributed by atoms with van der Waals surface area (Å²) in [5, 5.41) is 6.55. The van der Waals surface area contributed by atoms with E-state index in [-0.39, 0.29) is 6.10 Å². The van der Waals surface area contributed by atoms with Crippen molar-refractivity contribution in [1.82, 2.24) is 10.6 Å². The highest BCUT2D eigenvalue weighted by molar-refractivity contribution is 5.79. The minimum atomic E-state index is 0.174. The summed E-state index contributed by atoms with van der Waals surface area (Å²) in [6.07, 6.45) is 2.48. The Morgan fingerprint density at radius 2 is 1.90 bits per heavy atom. The van der Waals surface area contributed by atoms with Gasteiger partial charge in [0.25, 0.3) is 0 Å². The molecule has 1 aromatic carbocycles.